The maximum atomic E-state index is 6.10. The Bertz CT molecular complexity index is 575. The van der Waals surface area contributed by atoms with Crippen LogP contribution in [0.2, 0.25) is 10.0 Å². The fourth-order valence-corrected chi connectivity index (χ4v) is 1.96. The lowest BCUT2D eigenvalue weighted by Crippen LogP contribution is -2.05. The summed E-state index contributed by atoms with van der Waals surface area (Å²) in [6.45, 7) is 3.04. The van der Waals surface area contributed by atoms with Gasteiger partial charge < -0.3 is 10.6 Å². The van der Waals surface area contributed by atoms with Crippen LogP contribution in [0.15, 0.2) is 30.5 Å². The van der Waals surface area contributed by atoms with Gasteiger partial charge in [-0.15, -0.1) is 0 Å². The molecule has 0 unspecified atom stereocenters. The molecule has 0 radical (unpaired) electrons. The first-order valence-electron chi connectivity index (χ1n) is 6.48. The van der Waals surface area contributed by atoms with Crippen LogP contribution in [0.25, 0.3) is 0 Å². The van der Waals surface area contributed by atoms with Gasteiger partial charge in [0, 0.05) is 17.8 Å². The predicted octanol–water partition coefficient (Wildman–Crippen LogP) is 4.74. The monoisotopic (exact) mass is 310 g/mol. The summed E-state index contributed by atoms with van der Waals surface area (Å²) in [5.74, 6) is 1.27. The van der Waals surface area contributed by atoms with Gasteiger partial charge >= 0.3 is 0 Å². The molecular weight excluding hydrogens is 295 g/mol. The molecule has 1 aromatic heterocycles. The molecule has 2 rings (SSSR count). The van der Waals surface area contributed by atoms with Crippen molar-refractivity contribution in [3.63, 3.8) is 0 Å². The van der Waals surface area contributed by atoms with Crippen LogP contribution in [0.5, 0.6) is 0 Å². The highest BCUT2D eigenvalue weighted by molar-refractivity contribution is 6.35. The Morgan fingerprint density at radius 2 is 2.05 bits per heavy atom. The predicted molar refractivity (Wildman–Crippen MR) is 85.2 cm³/mol. The van der Waals surface area contributed by atoms with Crippen LogP contribution >= 0.6 is 23.2 Å². The third-order valence-corrected chi connectivity index (χ3v) is 3.23. The summed E-state index contributed by atoms with van der Waals surface area (Å²) in [7, 11) is 0. The van der Waals surface area contributed by atoms with Crippen molar-refractivity contribution in [2.24, 2.45) is 0 Å². The zero-order chi connectivity index (χ0) is 14.4. The van der Waals surface area contributed by atoms with E-state index in [-0.39, 0.29) is 0 Å². The molecule has 0 atom stereocenters. The van der Waals surface area contributed by atoms with Crippen LogP contribution in [0.3, 0.4) is 0 Å². The second kappa shape index (κ2) is 7.31. The average Bonchev–Trinajstić information content (AvgIpc) is 2.44. The van der Waals surface area contributed by atoms with E-state index in [2.05, 4.69) is 27.5 Å². The van der Waals surface area contributed by atoms with Gasteiger partial charge in [-0.3, -0.25) is 0 Å². The second-order valence-corrected chi connectivity index (χ2v) is 5.14. The normalized spacial score (nSPS) is 10.3. The minimum absolute atomic E-state index is 0.482. The van der Waals surface area contributed by atoms with Gasteiger partial charge in [-0.05, 0) is 30.7 Å². The summed E-state index contributed by atoms with van der Waals surface area (Å²) in [4.78, 5) is 8.55. The minimum atomic E-state index is 0.482. The number of hydrogen-bond acceptors (Lipinski definition) is 4. The van der Waals surface area contributed by atoms with E-state index in [1.807, 2.05) is 6.07 Å². The van der Waals surface area contributed by atoms with Gasteiger partial charge in [0.15, 0.2) is 0 Å². The first-order valence-corrected chi connectivity index (χ1v) is 7.23. The van der Waals surface area contributed by atoms with Gasteiger partial charge in [-0.1, -0.05) is 36.5 Å². The average molecular weight is 311 g/mol. The lowest BCUT2D eigenvalue weighted by molar-refractivity contribution is 0.830. The summed E-state index contributed by atoms with van der Waals surface area (Å²) in [5, 5.41) is 7.49. The van der Waals surface area contributed by atoms with Crippen molar-refractivity contribution in [1.82, 2.24) is 9.97 Å². The van der Waals surface area contributed by atoms with E-state index in [1.54, 1.807) is 24.4 Å². The molecule has 0 aliphatic carbocycles. The van der Waals surface area contributed by atoms with Crippen molar-refractivity contribution in [2.75, 3.05) is 17.2 Å². The molecule has 0 aliphatic heterocycles. The molecular formula is C14H16Cl2N4. The molecule has 0 amide bonds. The summed E-state index contributed by atoms with van der Waals surface area (Å²) in [6.07, 6.45) is 3.94. The minimum Gasteiger partial charge on any atom is -0.370 e. The molecule has 1 heterocycles. The summed E-state index contributed by atoms with van der Waals surface area (Å²) >= 11 is 12.0. The van der Waals surface area contributed by atoms with Crippen molar-refractivity contribution in [1.29, 1.82) is 0 Å². The smallest absolute Gasteiger partial charge is 0.229 e. The number of hydrogen-bond donors (Lipinski definition) is 2. The number of rotatable bonds is 6. The molecule has 20 heavy (non-hydrogen) atoms. The maximum Gasteiger partial charge on any atom is 0.229 e. The second-order valence-electron chi connectivity index (χ2n) is 4.29. The Kier molecular flexibility index (Phi) is 5.44. The summed E-state index contributed by atoms with van der Waals surface area (Å²) < 4.78 is 0. The highest BCUT2D eigenvalue weighted by Gasteiger charge is 2.04. The molecule has 0 fully saturated rings. The number of halogens is 2. The van der Waals surface area contributed by atoms with Crippen molar-refractivity contribution in [3.05, 3.63) is 40.5 Å². The first kappa shape index (κ1) is 14.9. The molecule has 2 N–H and O–H groups in total. The van der Waals surface area contributed by atoms with Crippen LogP contribution < -0.4 is 10.6 Å². The molecule has 106 valence electrons. The van der Waals surface area contributed by atoms with Gasteiger partial charge in [0.2, 0.25) is 5.95 Å². The van der Waals surface area contributed by atoms with E-state index in [0.717, 1.165) is 25.2 Å². The Morgan fingerprint density at radius 1 is 1.20 bits per heavy atom. The number of benzene rings is 1. The molecule has 0 saturated heterocycles. The topological polar surface area (TPSA) is 49.8 Å². The fourth-order valence-electron chi connectivity index (χ4n) is 1.62. The van der Waals surface area contributed by atoms with Crippen LogP contribution in [0.4, 0.5) is 17.5 Å². The van der Waals surface area contributed by atoms with Crippen LogP contribution in [0.1, 0.15) is 19.8 Å². The molecule has 0 saturated carbocycles. The summed E-state index contributed by atoms with van der Waals surface area (Å²) in [6, 6.07) is 7.04. The van der Waals surface area contributed by atoms with E-state index in [9.17, 15) is 0 Å². The van der Waals surface area contributed by atoms with Crippen LogP contribution in [-0.2, 0) is 0 Å². The molecule has 4 nitrogen and oxygen atoms in total. The van der Waals surface area contributed by atoms with Gasteiger partial charge in [-0.25, -0.2) is 4.98 Å². The third-order valence-electron chi connectivity index (χ3n) is 2.67. The largest absolute Gasteiger partial charge is 0.370 e. The summed E-state index contributed by atoms with van der Waals surface area (Å²) in [5.41, 5.74) is 0.685. The Balaban J connectivity index is 2.09. The molecule has 0 aliphatic rings. The third kappa shape index (κ3) is 4.25. The van der Waals surface area contributed by atoms with Crippen LogP contribution in [-0.4, -0.2) is 16.5 Å². The number of unbranched alkanes of at least 4 members (excludes halogenated alkanes) is 1. The quantitative estimate of drug-likeness (QED) is 0.757. The van der Waals surface area contributed by atoms with Gasteiger partial charge in [0.25, 0.3) is 0 Å². The first-order chi connectivity index (χ1) is 9.69. The maximum absolute atomic E-state index is 6.10. The number of nitrogens with zero attached hydrogens (tertiary/aromatic N) is 2. The Morgan fingerprint density at radius 3 is 2.85 bits per heavy atom. The van der Waals surface area contributed by atoms with Gasteiger partial charge in [0.05, 0.1) is 10.7 Å². The zero-order valence-corrected chi connectivity index (χ0v) is 12.7. The lowest BCUT2D eigenvalue weighted by atomic mass is 10.3. The van der Waals surface area contributed by atoms with Gasteiger partial charge in [0.1, 0.15) is 5.82 Å². The van der Waals surface area contributed by atoms with E-state index in [0.29, 0.717) is 21.7 Å². The Hall–Kier alpha value is -1.52. The molecule has 1 aromatic carbocycles. The lowest BCUT2D eigenvalue weighted by Gasteiger charge is -2.09. The molecule has 0 spiro atoms. The van der Waals surface area contributed by atoms with E-state index in [1.165, 1.54) is 0 Å². The van der Waals surface area contributed by atoms with E-state index < -0.39 is 0 Å². The van der Waals surface area contributed by atoms with Crippen molar-refractivity contribution < 1.29 is 0 Å². The SMILES string of the molecule is CCCCNc1ccnc(Nc2cc(Cl)ccc2Cl)n1. The fraction of sp³-hybridized carbons (Fsp3) is 0.286. The Labute approximate surface area is 128 Å². The molecule has 6 heteroatoms. The van der Waals surface area contributed by atoms with Crippen molar-refractivity contribution in [3.8, 4) is 0 Å². The number of anilines is 3. The van der Waals surface area contributed by atoms with Crippen molar-refractivity contribution >= 4 is 40.7 Å². The highest BCUT2D eigenvalue weighted by atomic mass is 35.5. The van der Waals surface area contributed by atoms with Crippen LogP contribution in [0, 0.1) is 0 Å². The number of nitrogens with one attached hydrogen (secondary N) is 2. The van der Waals surface area contributed by atoms with Gasteiger partial charge in [-0.2, -0.15) is 4.98 Å². The standard InChI is InChI=1S/C14H16Cl2N4/c1-2-3-7-17-13-6-8-18-14(20-13)19-12-9-10(15)4-5-11(12)16/h4-6,8-9H,2-3,7H2,1H3,(H2,17,18,19,20). The van der Waals surface area contributed by atoms with Crippen molar-refractivity contribution in [2.45, 2.75) is 19.8 Å². The van der Waals surface area contributed by atoms with E-state index >= 15 is 0 Å². The molecule has 0 bridgehead atoms. The number of aromatic nitrogens is 2. The zero-order valence-electron chi connectivity index (χ0n) is 11.2. The molecule has 2 aromatic rings. The van der Waals surface area contributed by atoms with E-state index in [4.69, 9.17) is 23.2 Å². The highest BCUT2D eigenvalue weighted by Crippen LogP contribution is 2.27.